The smallest absolute Gasteiger partial charge is 0.102 e. The van der Waals surface area contributed by atoms with E-state index in [0.29, 0.717) is 12.2 Å². The summed E-state index contributed by atoms with van der Waals surface area (Å²) in [7, 11) is 6.62. The van der Waals surface area contributed by atoms with Crippen molar-refractivity contribution in [3.8, 4) is 0 Å². The Morgan fingerprint density at radius 2 is 1.30 bits per heavy atom. The van der Waals surface area contributed by atoms with Gasteiger partial charge in [0.15, 0.2) is 0 Å². The zero-order valence-corrected chi connectivity index (χ0v) is 21.0. The van der Waals surface area contributed by atoms with Gasteiger partial charge in [0.05, 0.1) is 46.6 Å². The fourth-order valence-corrected chi connectivity index (χ4v) is 3.70. The first kappa shape index (κ1) is 27.6. The van der Waals surface area contributed by atoms with Crippen LogP contribution in [0.2, 0.25) is 0 Å². The van der Waals surface area contributed by atoms with Gasteiger partial charge >= 0.3 is 0 Å². The maximum Gasteiger partial charge on any atom is 0.102 e. The summed E-state index contributed by atoms with van der Waals surface area (Å²) in [6.45, 7) is 4.98. The molecule has 2 atom stereocenters. The van der Waals surface area contributed by atoms with Gasteiger partial charge in [0.1, 0.15) is 6.54 Å². The molecule has 164 valence electrons. The van der Waals surface area contributed by atoms with Crippen LogP contribution in [0.1, 0.15) is 96.8 Å². The van der Waals surface area contributed by atoms with E-state index in [9.17, 15) is 0 Å². The lowest BCUT2D eigenvalue weighted by atomic mass is 10.0. The van der Waals surface area contributed by atoms with Crippen LogP contribution in [0.5, 0.6) is 0 Å². The highest BCUT2D eigenvalue weighted by Crippen LogP contribution is 2.24. The molecule has 1 heterocycles. The molecule has 1 rings (SSSR count). The van der Waals surface area contributed by atoms with Gasteiger partial charge in [-0.05, 0) is 19.3 Å². The molecule has 0 amide bonds. The number of quaternary nitrogens is 1. The van der Waals surface area contributed by atoms with Crippen LogP contribution in [-0.2, 0) is 9.47 Å². The molecule has 0 saturated carbocycles. The Bertz CT molecular complexity index is 320. The summed E-state index contributed by atoms with van der Waals surface area (Å²) in [5.74, 6) is 0. The van der Waals surface area contributed by atoms with Crippen molar-refractivity contribution in [3.05, 3.63) is 0 Å². The number of ether oxygens (including phenoxy) is 2. The molecule has 4 heteroatoms. The molecular formula is C23H48INO2. The van der Waals surface area contributed by atoms with E-state index in [2.05, 4.69) is 28.1 Å². The Kier molecular flexibility index (Phi) is 17.9. The minimum atomic E-state index is 0. The van der Waals surface area contributed by atoms with Gasteiger partial charge in [-0.3, -0.25) is 0 Å². The number of hydrogen-bond donors (Lipinski definition) is 0. The molecular weight excluding hydrogens is 449 g/mol. The van der Waals surface area contributed by atoms with Crippen molar-refractivity contribution in [1.29, 1.82) is 0 Å². The second-order valence-corrected chi connectivity index (χ2v) is 9.37. The van der Waals surface area contributed by atoms with Crippen LogP contribution >= 0.6 is 0 Å². The maximum absolute atomic E-state index is 6.16. The molecule has 1 fully saturated rings. The lowest BCUT2D eigenvalue weighted by Gasteiger charge is -2.24. The van der Waals surface area contributed by atoms with Crippen LogP contribution in [0.15, 0.2) is 0 Å². The van der Waals surface area contributed by atoms with Crippen molar-refractivity contribution in [2.75, 3.05) is 40.9 Å². The van der Waals surface area contributed by atoms with Gasteiger partial charge in [-0.25, -0.2) is 0 Å². The number of likely N-dealkylation sites (N-methyl/N-ethyl adjacent to an activating group) is 1. The zero-order chi connectivity index (χ0) is 19.1. The largest absolute Gasteiger partial charge is 1.00 e. The summed E-state index contributed by atoms with van der Waals surface area (Å²) < 4.78 is 12.9. The van der Waals surface area contributed by atoms with Crippen LogP contribution in [0.3, 0.4) is 0 Å². The lowest BCUT2D eigenvalue weighted by Crippen LogP contribution is -3.00. The number of rotatable bonds is 17. The molecule has 1 saturated heterocycles. The van der Waals surface area contributed by atoms with Gasteiger partial charge in [-0.1, -0.05) is 77.6 Å². The first-order valence-corrected chi connectivity index (χ1v) is 11.5. The van der Waals surface area contributed by atoms with E-state index in [4.69, 9.17) is 9.47 Å². The predicted molar refractivity (Wildman–Crippen MR) is 113 cm³/mol. The Balaban J connectivity index is 0.00000676. The highest BCUT2D eigenvalue weighted by atomic mass is 127. The Morgan fingerprint density at radius 3 is 1.85 bits per heavy atom. The zero-order valence-electron chi connectivity index (χ0n) is 18.8. The van der Waals surface area contributed by atoms with Crippen LogP contribution in [0.4, 0.5) is 0 Å². The number of hydrogen-bond acceptors (Lipinski definition) is 2. The fraction of sp³-hybridized carbons (Fsp3) is 1.00. The minimum Gasteiger partial charge on any atom is -1.00 e. The summed E-state index contributed by atoms with van der Waals surface area (Å²) in [6.07, 6.45) is 20.1. The Hall–Kier alpha value is 0.610. The predicted octanol–water partition coefficient (Wildman–Crippen LogP) is 2.96. The number of nitrogens with zero attached hydrogens (tertiary/aromatic N) is 1. The van der Waals surface area contributed by atoms with Crippen LogP contribution in [0.25, 0.3) is 0 Å². The molecule has 0 aromatic heterocycles. The third-order valence-electron chi connectivity index (χ3n) is 5.54. The van der Waals surface area contributed by atoms with E-state index in [1.54, 1.807) is 0 Å². The Morgan fingerprint density at radius 1 is 0.778 bits per heavy atom. The molecule has 0 aromatic rings. The summed E-state index contributed by atoms with van der Waals surface area (Å²) in [4.78, 5) is 0. The van der Waals surface area contributed by atoms with E-state index < -0.39 is 0 Å². The standard InChI is InChI=1S/C23H48NO2.HI/c1-5-6-7-8-9-10-11-12-13-14-15-16-22-17-18-23(26-22)21-25-20-19-24(2,3)4;/h22-23H,5-21H2,1-4H3;1H/q+1;/p-1. The number of unbranched alkanes of at least 4 members (excludes halogenated alkanes) is 10. The van der Waals surface area contributed by atoms with Crippen molar-refractivity contribution >= 4 is 0 Å². The first-order chi connectivity index (χ1) is 12.5. The Labute approximate surface area is 187 Å². The first-order valence-electron chi connectivity index (χ1n) is 11.5. The van der Waals surface area contributed by atoms with Gasteiger partial charge in [-0.15, -0.1) is 0 Å². The van der Waals surface area contributed by atoms with Gasteiger partial charge in [0.2, 0.25) is 0 Å². The summed E-state index contributed by atoms with van der Waals surface area (Å²) in [5, 5.41) is 0. The monoisotopic (exact) mass is 497 g/mol. The quantitative estimate of drug-likeness (QED) is 0.175. The lowest BCUT2D eigenvalue weighted by molar-refractivity contribution is -0.870. The second kappa shape index (κ2) is 17.5. The van der Waals surface area contributed by atoms with Gasteiger partial charge in [0, 0.05) is 0 Å². The molecule has 1 aliphatic heterocycles. The van der Waals surface area contributed by atoms with Crippen molar-refractivity contribution in [3.63, 3.8) is 0 Å². The highest BCUT2D eigenvalue weighted by Gasteiger charge is 2.24. The van der Waals surface area contributed by atoms with Crippen molar-refractivity contribution in [2.45, 2.75) is 109 Å². The molecule has 0 aromatic carbocycles. The fourth-order valence-electron chi connectivity index (χ4n) is 3.70. The maximum atomic E-state index is 6.16. The van der Waals surface area contributed by atoms with Gasteiger partial charge in [0.25, 0.3) is 0 Å². The molecule has 0 aliphatic carbocycles. The normalized spacial score (nSPS) is 20.0. The molecule has 2 unspecified atom stereocenters. The third-order valence-corrected chi connectivity index (χ3v) is 5.54. The molecule has 27 heavy (non-hydrogen) atoms. The molecule has 0 radical (unpaired) electrons. The van der Waals surface area contributed by atoms with E-state index in [1.165, 1.54) is 89.9 Å². The minimum absolute atomic E-state index is 0. The number of halogens is 1. The highest BCUT2D eigenvalue weighted by molar-refractivity contribution is 4.73. The summed E-state index contributed by atoms with van der Waals surface area (Å²) in [6, 6.07) is 0. The van der Waals surface area contributed by atoms with E-state index in [-0.39, 0.29) is 24.0 Å². The van der Waals surface area contributed by atoms with Crippen molar-refractivity contribution in [1.82, 2.24) is 0 Å². The van der Waals surface area contributed by atoms with E-state index in [1.807, 2.05) is 0 Å². The summed E-state index contributed by atoms with van der Waals surface area (Å²) in [5.41, 5.74) is 0. The molecule has 0 spiro atoms. The van der Waals surface area contributed by atoms with Crippen LogP contribution < -0.4 is 24.0 Å². The third kappa shape index (κ3) is 17.2. The molecule has 0 N–H and O–H groups in total. The van der Waals surface area contributed by atoms with Crippen LogP contribution in [0, 0.1) is 0 Å². The average Bonchev–Trinajstić information content (AvgIpc) is 3.03. The van der Waals surface area contributed by atoms with Crippen molar-refractivity contribution < 1.29 is 37.9 Å². The molecule has 3 nitrogen and oxygen atoms in total. The van der Waals surface area contributed by atoms with E-state index in [0.717, 1.165) is 24.2 Å². The SMILES string of the molecule is CCCCCCCCCCCCCC1CCC(COCC[N+](C)(C)C)O1.[I-]. The van der Waals surface area contributed by atoms with E-state index >= 15 is 0 Å². The van der Waals surface area contributed by atoms with Crippen molar-refractivity contribution in [2.24, 2.45) is 0 Å². The van der Waals surface area contributed by atoms with Gasteiger partial charge < -0.3 is 37.9 Å². The topological polar surface area (TPSA) is 18.5 Å². The molecule has 0 bridgehead atoms. The van der Waals surface area contributed by atoms with Gasteiger partial charge in [-0.2, -0.15) is 0 Å². The second-order valence-electron chi connectivity index (χ2n) is 9.37. The summed E-state index contributed by atoms with van der Waals surface area (Å²) >= 11 is 0. The molecule has 1 aliphatic rings. The van der Waals surface area contributed by atoms with Crippen LogP contribution in [-0.4, -0.2) is 57.6 Å². The average molecular weight is 498 g/mol.